The van der Waals surface area contributed by atoms with Crippen LogP contribution < -0.4 is 14.9 Å². The molecule has 1 atom stereocenters. The Morgan fingerprint density at radius 2 is 1.81 bits per heavy atom. The monoisotopic (exact) mass is 379 g/mol. The number of nitro groups is 1. The van der Waals surface area contributed by atoms with Gasteiger partial charge < -0.3 is 10.2 Å². The molecule has 0 saturated carbocycles. The van der Waals surface area contributed by atoms with Gasteiger partial charge in [-0.1, -0.05) is 30.3 Å². The minimum absolute atomic E-state index is 0.0801. The molecule has 2 aromatic rings. The van der Waals surface area contributed by atoms with Crippen molar-refractivity contribution in [2.75, 3.05) is 33.0 Å². The van der Waals surface area contributed by atoms with Gasteiger partial charge in [0, 0.05) is 11.6 Å². The van der Waals surface area contributed by atoms with Crippen LogP contribution in [0.5, 0.6) is 0 Å². The lowest BCUT2D eigenvalue weighted by Crippen LogP contribution is -3.06. The van der Waals surface area contributed by atoms with Gasteiger partial charge in [-0.3, -0.25) is 10.1 Å². The molecule has 0 aromatic heterocycles. The molecular formula is C17H23N4O4S+. The Morgan fingerprint density at radius 1 is 1.15 bits per heavy atom. The Morgan fingerprint density at radius 3 is 2.35 bits per heavy atom. The number of anilines is 1. The largest absolute Gasteiger partial charge is 0.373 e. The van der Waals surface area contributed by atoms with Crippen molar-refractivity contribution in [1.29, 1.82) is 0 Å². The molecule has 26 heavy (non-hydrogen) atoms. The van der Waals surface area contributed by atoms with E-state index in [4.69, 9.17) is 0 Å². The highest BCUT2D eigenvalue weighted by Gasteiger charge is 2.23. The molecule has 0 amide bonds. The molecule has 0 heterocycles. The average molecular weight is 379 g/mol. The second kappa shape index (κ2) is 8.26. The lowest BCUT2D eigenvalue weighted by molar-refractivity contribution is -0.890. The highest BCUT2D eigenvalue weighted by Crippen LogP contribution is 2.28. The molecule has 8 nitrogen and oxygen atoms in total. The van der Waals surface area contributed by atoms with Crippen LogP contribution >= 0.6 is 0 Å². The number of rotatable bonds is 8. The predicted octanol–water partition coefficient (Wildman–Crippen LogP) is 0.801. The van der Waals surface area contributed by atoms with Gasteiger partial charge in [-0.15, -0.1) is 0 Å². The van der Waals surface area contributed by atoms with Crippen LogP contribution in [-0.2, 0) is 10.0 Å². The van der Waals surface area contributed by atoms with Crippen molar-refractivity contribution >= 4 is 21.4 Å². The third-order valence-corrected chi connectivity index (χ3v) is 5.55. The van der Waals surface area contributed by atoms with Gasteiger partial charge >= 0.3 is 0 Å². The maximum absolute atomic E-state index is 11.9. The number of nitrogens with one attached hydrogen (secondary N) is 3. The zero-order chi connectivity index (χ0) is 19.3. The summed E-state index contributed by atoms with van der Waals surface area (Å²) in [5.41, 5.74) is 1.12. The summed E-state index contributed by atoms with van der Waals surface area (Å²) in [7, 11) is 1.54. The second-order valence-electron chi connectivity index (χ2n) is 6.07. The molecule has 0 spiro atoms. The fourth-order valence-electron chi connectivity index (χ4n) is 2.65. The number of likely N-dealkylation sites (N-methyl/N-ethyl adjacent to an activating group) is 1. The summed E-state index contributed by atoms with van der Waals surface area (Å²) in [6.07, 6.45) is 0. The number of hydrogen-bond donors (Lipinski definition) is 3. The molecule has 2 rings (SSSR count). The van der Waals surface area contributed by atoms with Crippen molar-refractivity contribution in [3.8, 4) is 0 Å². The molecule has 140 valence electrons. The minimum Gasteiger partial charge on any atom is -0.373 e. The molecule has 0 fully saturated rings. The van der Waals surface area contributed by atoms with Gasteiger partial charge in [0.25, 0.3) is 5.69 Å². The van der Waals surface area contributed by atoms with Gasteiger partial charge in [0.1, 0.15) is 11.7 Å². The maximum atomic E-state index is 11.9. The van der Waals surface area contributed by atoms with Crippen molar-refractivity contribution in [1.82, 2.24) is 4.72 Å². The molecule has 3 N–H and O–H groups in total. The molecule has 9 heteroatoms. The van der Waals surface area contributed by atoms with E-state index in [1.165, 1.54) is 24.1 Å². The molecule has 0 aliphatic rings. The normalized spacial score (nSPS) is 12.8. The Balaban J connectivity index is 2.29. The van der Waals surface area contributed by atoms with Crippen LogP contribution in [0.3, 0.4) is 0 Å². The van der Waals surface area contributed by atoms with Gasteiger partial charge in [-0.05, 0) is 19.2 Å². The number of hydrogen-bond acceptors (Lipinski definition) is 5. The highest BCUT2D eigenvalue weighted by molar-refractivity contribution is 7.89. The van der Waals surface area contributed by atoms with Crippen LogP contribution in [-0.4, -0.2) is 41.0 Å². The van der Waals surface area contributed by atoms with E-state index in [9.17, 15) is 18.5 Å². The standard InChI is InChI=1S/C17H22N4O4S/c1-18-26(24,25)14-9-10-15(16(11-14)21(22)23)19-12-17(20(2)3)13-7-5-4-6-8-13/h4-11,17-19H,12H2,1-3H3/p+1/t17-/m1/s1. The highest BCUT2D eigenvalue weighted by atomic mass is 32.2. The van der Waals surface area contributed by atoms with E-state index in [-0.39, 0.29) is 22.3 Å². The first kappa shape index (κ1) is 19.8. The summed E-state index contributed by atoms with van der Waals surface area (Å²) in [6.45, 7) is 0.464. The number of sulfonamides is 1. The maximum Gasteiger partial charge on any atom is 0.293 e. The van der Waals surface area contributed by atoms with E-state index in [2.05, 4.69) is 10.0 Å². The lowest BCUT2D eigenvalue weighted by atomic mass is 10.1. The number of nitrogens with zero attached hydrogens (tertiary/aromatic N) is 1. The molecular weight excluding hydrogens is 356 g/mol. The molecule has 0 aliphatic heterocycles. The third kappa shape index (κ3) is 4.57. The van der Waals surface area contributed by atoms with Crippen molar-refractivity contribution in [3.05, 3.63) is 64.2 Å². The molecule has 0 saturated heterocycles. The average Bonchev–Trinajstić information content (AvgIpc) is 2.62. The van der Waals surface area contributed by atoms with Crippen molar-refractivity contribution in [2.24, 2.45) is 0 Å². The van der Waals surface area contributed by atoms with E-state index in [1.54, 1.807) is 0 Å². The minimum atomic E-state index is -3.75. The van der Waals surface area contributed by atoms with Crippen LogP contribution in [0, 0.1) is 10.1 Å². The van der Waals surface area contributed by atoms with Crippen molar-refractivity contribution < 1.29 is 18.2 Å². The summed E-state index contributed by atoms with van der Waals surface area (Å²) < 4.78 is 25.9. The fraction of sp³-hybridized carbons (Fsp3) is 0.294. The predicted molar refractivity (Wildman–Crippen MR) is 99.8 cm³/mol. The van der Waals surface area contributed by atoms with Gasteiger partial charge in [0.15, 0.2) is 0 Å². The number of nitro benzene ring substituents is 1. The lowest BCUT2D eigenvalue weighted by Gasteiger charge is -2.22. The Kier molecular flexibility index (Phi) is 6.30. The zero-order valence-corrected chi connectivity index (χ0v) is 15.7. The third-order valence-electron chi connectivity index (χ3n) is 4.14. The van der Waals surface area contributed by atoms with Crippen molar-refractivity contribution in [3.63, 3.8) is 0 Å². The topological polar surface area (TPSA) is 106 Å². The quantitative estimate of drug-likeness (QED) is 0.465. The summed E-state index contributed by atoms with van der Waals surface area (Å²) in [4.78, 5) is 11.8. The zero-order valence-electron chi connectivity index (χ0n) is 14.9. The van der Waals surface area contributed by atoms with Crippen LogP contribution in [0.2, 0.25) is 0 Å². The van der Waals surface area contributed by atoms with Gasteiger partial charge in [-0.25, -0.2) is 13.1 Å². The number of benzene rings is 2. The van der Waals surface area contributed by atoms with Gasteiger partial charge in [0.2, 0.25) is 10.0 Å². The van der Waals surface area contributed by atoms with Crippen LogP contribution in [0.4, 0.5) is 11.4 Å². The van der Waals surface area contributed by atoms with Crippen LogP contribution in [0.25, 0.3) is 0 Å². The summed E-state index contributed by atoms with van der Waals surface area (Å²) in [5.74, 6) is 0. The first-order chi connectivity index (χ1) is 12.3. The smallest absolute Gasteiger partial charge is 0.293 e. The first-order valence-electron chi connectivity index (χ1n) is 8.07. The summed E-state index contributed by atoms with van der Waals surface area (Å²) in [5, 5.41) is 14.5. The summed E-state index contributed by atoms with van der Waals surface area (Å²) in [6, 6.07) is 13.8. The Bertz CT molecular complexity index is 870. The van der Waals surface area contributed by atoms with E-state index in [0.29, 0.717) is 6.54 Å². The molecule has 0 unspecified atom stereocenters. The Labute approximate surface area is 153 Å². The first-order valence-corrected chi connectivity index (χ1v) is 9.55. The Hall–Kier alpha value is -2.49. The molecule has 0 bridgehead atoms. The fourth-order valence-corrected chi connectivity index (χ4v) is 3.40. The number of quaternary nitrogens is 1. The van der Waals surface area contributed by atoms with E-state index in [1.807, 2.05) is 44.4 Å². The van der Waals surface area contributed by atoms with Crippen LogP contribution in [0.15, 0.2) is 53.4 Å². The van der Waals surface area contributed by atoms with E-state index >= 15 is 0 Å². The summed E-state index contributed by atoms with van der Waals surface area (Å²) >= 11 is 0. The second-order valence-corrected chi connectivity index (χ2v) is 7.95. The molecule has 0 radical (unpaired) electrons. The SMILES string of the molecule is CNS(=O)(=O)c1ccc(NC[C@H](c2ccccc2)[NH+](C)C)c([N+](=O)[O-])c1. The van der Waals surface area contributed by atoms with E-state index in [0.717, 1.165) is 11.6 Å². The van der Waals surface area contributed by atoms with Gasteiger partial charge in [0.05, 0.1) is 30.5 Å². The van der Waals surface area contributed by atoms with E-state index < -0.39 is 14.9 Å². The van der Waals surface area contributed by atoms with Crippen LogP contribution in [0.1, 0.15) is 11.6 Å². The molecule has 2 aromatic carbocycles. The van der Waals surface area contributed by atoms with Gasteiger partial charge in [-0.2, -0.15) is 0 Å². The van der Waals surface area contributed by atoms with Crippen molar-refractivity contribution in [2.45, 2.75) is 10.9 Å². The molecule has 0 aliphatic carbocycles.